The van der Waals surface area contributed by atoms with Crippen molar-refractivity contribution in [2.45, 2.75) is 24.8 Å². The van der Waals surface area contributed by atoms with E-state index >= 15 is 0 Å². The second-order valence-electron chi connectivity index (χ2n) is 3.28. The van der Waals surface area contributed by atoms with Gasteiger partial charge in [-0.3, -0.25) is 4.79 Å². The Morgan fingerprint density at radius 3 is 2.45 bits per heavy atom. The van der Waals surface area contributed by atoms with Gasteiger partial charge in [0.25, 0.3) is 0 Å². The lowest BCUT2D eigenvalue weighted by molar-refractivity contribution is -0.138. The predicted molar refractivity (Wildman–Crippen MR) is 40.9 cm³/mol. The molecule has 1 saturated carbocycles. The zero-order chi connectivity index (χ0) is 8.48. The molecule has 4 nitrogen and oxygen atoms in total. The number of nitrogens with two attached hydrogens (primary N) is 2. The fraction of sp³-hybridized carbons (Fsp3) is 0.857. The summed E-state index contributed by atoms with van der Waals surface area (Å²) in [5.74, 6) is -0.520. The van der Waals surface area contributed by atoms with Crippen molar-refractivity contribution in [3.63, 3.8) is 0 Å². The van der Waals surface area contributed by atoms with Crippen LogP contribution in [0.2, 0.25) is 0 Å². The smallest absolute Gasteiger partial charge is 0.305 e. The maximum atomic E-state index is 10.4. The molecule has 1 unspecified atom stereocenters. The number of carboxylic acid groups (broad SMARTS) is 1. The second kappa shape index (κ2) is 2.79. The minimum atomic E-state index is -0.857. The number of aliphatic carboxylic acids is 1. The van der Waals surface area contributed by atoms with Gasteiger partial charge < -0.3 is 16.6 Å². The van der Waals surface area contributed by atoms with E-state index in [2.05, 4.69) is 0 Å². The summed E-state index contributed by atoms with van der Waals surface area (Å²) in [5.41, 5.74) is 10.6. The quantitative estimate of drug-likeness (QED) is 0.516. The highest BCUT2D eigenvalue weighted by Gasteiger charge is 2.42. The number of hydrogen-bond acceptors (Lipinski definition) is 3. The Balaban J connectivity index is 2.51. The zero-order valence-corrected chi connectivity index (χ0v) is 6.42. The molecule has 0 aromatic heterocycles. The van der Waals surface area contributed by atoms with Crippen molar-refractivity contribution in [2.75, 3.05) is 6.54 Å². The molecule has 1 rings (SSSR count). The fourth-order valence-electron chi connectivity index (χ4n) is 1.32. The molecule has 5 N–H and O–H groups in total. The van der Waals surface area contributed by atoms with Crippen LogP contribution in [-0.4, -0.2) is 23.2 Å². The van der Waals surface area contributed by atoms with Gasteiger partial charge in [-0.05, 0) is 18.8 Å². The van der Waals surface area contributed by atoms with Crippen LogP contribution >= 0.6 is 0 Å². The summed E-state index contributed by atoms with van der Waals surface area (Å²) in [7, 11) is 0. The molecular weight excluding hydrogens is 144 g/mol. The Morgan fingerprint density at radius 1 is 1.64 bits per heavy atom. The lowest BCUT2D eigenvalue weighted by atomic mass is 9.91. The van der Waals surface area contributed by atoms with Crippen LogP contribution in [0.1, 0.15) is 19.3 Å². The summed E-state index contributed by atoms with van der Waals surface area (Å²) in [6.07, 6.45) is 2.05. The van der Waals surface area contributed by atoms with Crippen molar-refractivity contribution in [1.29, 1.82) is 0 Å². The molecule has 1 aliphatic rings. The number of carbonyl (C=O) groups is 1. The molecule has 0 aliphatic heterocycles. The topological polar surface area (TPSA) is 89.3 Å². The van der Waals surface area contributed by atoms with Crippen LogP contribution in [0.5, 0.6) is 0 Å². The van der Waals surface area contributed by atoms with E-state index in [1.54, 1.807) is 0 Å². The van der Waals surface area contributed by atoms with Gasteiger partial charge in [0.1, 0.15) is 0 Å². The van der Waals surface area contributed by atoms with E-state index in [1.807, 2.05) is 0 Å². The molecule has 0 bridgehead atoms. The van der Waals surface area contributed by atoms with Crippen molar-refractivity contribution in [3.8, 4) is 0 Å². The zero-order valence-electron chi connectivity index (χ0n) is 6.42. The molecule has 1 fully saturated rings. The molecular formula is C7H14N2O2. The van der Waals surface area contributed by atoms with Gasteiger partial charge in [0.05, 0.1) is 6.42 Å². The summed E-state index contributed by atoms with van der Waals surface area (Å²) < 4.78 is 0. The molecule has 0 heterocycles. The summed E-state index contributed by atoms with van der Waals surface area (Å²) >= 11 is 0. The maximum absolute atomic E-state index is 10.4. The molecule has 0 aromatic carbocycles. The lowest BCUT2D eigenvalue weighted by Gasteiger charge is -2.25. The first kappa shape index (κ1) is 8.49. The summed E-state index contributed by atoms with van der Waals surface area (Å²) in [5, 5.41) is 8.52. The van der Waals surface area contributed by atoms with Crippen LogP contribution in [0.4, 0.5) is 0 Å². The molecule has 0 spiro atoms. The highest BCUT2D eigenvalue weighted by Crippen LogP contribution is 2.39. The molecule has 0 aromatic rings. The third-order valence-corrected chi connectivity index (χ3v) is 2.25. The standard InChI is InChI=1S/C7H14N2O2/c8-4-7(9,3-6(10)11)5-1-2-5/h5H,1-4,8-9H2,(H,10,11). The van der Waals surface area contributed by atoms with Gasteiger partial charge in [0.2, 0.25) is 0 Å². The normalized spacial score (nSPS) is 22.7. The molecule has 0 amide bonds. The number of rotatable bonds is 4. The lowest BCUT2D eigenvalue weighted by Crippen LogP contribution is -2.50. The van der Waals surface area contributed by atoms with E-state index in [0.717, 1.165) is 12.8 Å². The van der Waals surface area contributed by atoms with Gasteiger partial charge in [-0.1, -0.05) is 0 Å². The Kier molecular flexibility index (Phi) is 2.15. The average Bonchev–Trinajstić information content (AvgIpc) is 2.66. The maximum Gasteiger partial charge on any atom is 0.305 e. The van der Waals surface area contributed by atoms with Crippen molar-refractivity contribution in [3.05, 3.63) is 0 Å². The number of carboxylic acids is 1. The van der Waals surface area contributed by atoms with E-state index in [0.29, 0.717) is 5.92 Å². The van der Waals surface area contributed by atoms with E-state index < -0.39 is 11.5 Å². The van der Waals surface area contributed by atoms with Gasteiger partial charge in [0.15, 0.2) is 0 Å². The average molecular weight is 158 g/mol. The minimum absolute atomic E-state index is 0.00579. The van der Waals surface area contributed by atoms with E-state index in [4.69, 9.17) is 16.6 Å². The van der Waals surface area contributed by atoms with Gasteiger partial charge in [0, 0.05) is 12.1 Å². The van der Waals surface area contributed by atoms with Crippen LogP contribution < -0.4 is 11.5 Å². The van der Waals surface area contributed by atoms with Gasteiger partial charge >= 0.3 is 5.97 Å². The molecule has 4 heteroatoms. The minimum Gasteiger partial charge on any atom is -0.481 e. The number of hydrogen-bond donors (Lipinski definition) is 3. The van der Waals surface area contributed by atoms with Crippen LogP contribution in [0, 0.1) is 5.92 Å². The largest absolute Gasteiger partial charge is 0.481 e. The Morgan fingerprint density at radius 2 is 2.18 bits per heavy atom. The molecule has 1 aliphatic carbocycles. The van der Waals surface area contributed by atoms with Crippen LogP contribution in [-0.2, 0) is 4.79 Å². The van der Waals surface area contributed by atoms with Gasteiger partial charge in [-0.25, -0.2) is 0 Å². The highest BCUT2D eigenvalue weighted by molar-refractivity contribution is 5.68. The predicted octanol–water partition coefficient (Wildman–Crippen LogP) is -0.473. The first-order chi connectivity index (χ1) is 5.08. The monoisotopic (exact) mass is 158 g/mol. The third-order valence-electron chi connectivity index (χ3n) is 2.25. The SMILES string of the molecule is NCC(N)(CC(=O)O)C1CC1. The third kappa shape index (κ3) is 1.91. The Bertz CT molecular complexity index is 168. The molecule has 0 saturated heterocycles. The van der Waals surface area contributed by atoms with Crippen molar-refractivity contribution in [1.82, 2.24) is 0 Å². The van der Waals surface area contributed by atoms with E-state index in [-0.39, 0.29) is 13.0 Å². The molecule has 0 radical (unpaired) electrons. The van der Waals surface area contributed by atoms with Gasteiger partial charge in [-0.15, -0.1) is 0 Å². The van der Waals surface area contributed by atoms with Crippen LogP contribution in [0.15, 0.2) is 0 Å². The summed E-state index contributed by atoms with van der Waals surface area (Å²) in [6.45, 7) is 0.268. The van der Waals surface area contributed by atoms with Crippen molar-refractivity contribution < 1.29 is 9.90 Å². The Hall–Kier alpha value is -0.610. The highest BCUT2D eigenvalue weighted by atomic mass is 16.4. The summed E-state index contributed by atoms with van der Waals surface area (Å²) in [6, 6.07) is 0. The first-order valence-electron chi connectivity index (χ1n) is 3.79. The van der Waals surface area contributed by atoms with Crippen LogP contribution in [0.25, 0.3) is 0 Å². The van der Waals surface area contributed by atoms with E-state index in [9.17, 15) is 4.79 Å². The first-order valence-corrected chi connectivity index (χ1v) is 3.79. The van der Waals surface area contributed by atoms with Crippen molar-refractivity contribution >= 4 is 5.97 Å². The van der Waals surface area contributed by atoms with Crippen molar-refractivity contribution in [2.24, 2.45) is 17.4 Å². The molecule has 11 heavy (non-hydrogen) atoms. The molecule has 1 atom stereocenters. The second-order valence-corrected chi connectivity index (χ2v) is 3.28. The van der Waals surface area contributed by atoms with E-state index in [1.165, 1.54) is 0 Å². The van der Waals surface area contributed by atoms with Gasteiger partial charge in [-0.2, -0.15) is 0 Å². The fourth-order valence-corrected chi connectivity index (χ4v) is 1.32. The van der Waals surface area contributed by atoms with Crippen LogP contribution in [0.3, 0.4) is 0 Å². The Labute approximate surface area is 65.6 Å². The summed E-state index contributed by atoms with van der Waals surface area (Å²) in [4.78, 5) is 10.4. The molecule has 64 valence electrons.